The van der Waals surface area contributed by atoms with E-state index in [-0.39, 0.29) is 11.4 Å². The van der Waals surface area contributed by atoms with Gasteiger partial charge in [0, 0.05) is 18.6 Å². The molecule has 1 aromatic carbocycles. The third kappa shape index (κ3) is 3.27. The largest absolute Gasteiger partial charge is 0.379 e. The molecule has 0 unspecified atom stereocenters. The molecule has 94 valence electrons. The molecule has 1 aromatic rings. The van der Waals surface area contributed by atoms with E-state index in [4.69, 9.17) is 4.74 Å². The Morgan fingerprint density at radius 3 is 2.35 bits per heavy atom. The molecular weight excluding hydrogens is 217 g/mol. The van der Waals surface area contributed by atoms with Crippen molar-refractivity contribution in [3.8, 4) is 0 Å². The van der Waals surface area contributed by atoms with Gasteiger partial charge >= 0.3 is 0 Å². The number of nitrogens with zero attached hydrogens (tertiary/aromatic N) is 1. The molecule has 0 saturated carbocycles. The first-order chi connectivity index (χ1) is 8.08. The van der Waals surface area contributed by atoms with Crippen LogP contribution in [-0.4, -0.2) is 36.7 Å². The summed E-state index contributed by atoms with van der Waals surface area (Å²) in [5, 5.41) is 0. The second-order valence-corrected chi connectivity index (χ2v) is 5.22. The maximum atomic E-state index is 12.8. The Balaban J connectivity index is 2.02. The van der Waals surface area contributed by atoms with Gasteiger partial charge in [0.05, 0.1) is 13.2 Å². The van der Waals surface area contributed by atoms with E-state index in [1.165, 1.54) is 17.7 Å². The SMILES string of the molecule is CC(C)(Cc1ccc(F)cc1)N1CCOCC1. The van der Waals surface area contributed by atoms with Crippen molar-refractivity contribution < 1.29 is 9.13 Å². The average Bonchev–Trinajstić information content (AvgIpc) is 2.33. The first kappa shape index (κ1) is 12.5. The molecule has 0 radical (unpaired) electrons. The molecule has 1 saturated heterocycles. The fourth-order valence-corrected chi connectivity index (χ4v) is 2.38. The van der Waals surface area contributed by atoms with Crippen molar-refractivity contribution in [1.29, 1.82) is 0 Å². The summed E-state index contributed by atoms with van der Waals surface area (Å²) in [6.45, 7) is 8.06. The molecule has 0 spiro atoms. The number of hydrogen-bond acceptors (Lipinski definition) is 2. The third-order valence-corrected chi connectivity index (χ3v) is 3.42. The Kier molecular flexibility index (Phi) is 3.79. The van der Waals surface area contributed by atoms with Gasteiger partial charge in [0.1, 0.15) is 5.82 Å². The number of ether oxygens (including phenoxy) is 1. The van der Waals surface area contributed by atoms with Gasteiger partial charge in [-0.2, -0.15) is 0 Å². The fourth-order valence-electron chi connectivity index (χ4n) is 2.38. The highest BCUT2D eigenvalue weighted by Crippen LogP contribution is 2.21. The van der Waals surface area contributed by atoms with Crippen LogP contribution in [-0.2, 0) is 11.2 Å². The highest BCUT2D eigenvalue weighted by atomic mass is 19.1. The zero-order valence-corrected chi connectivity index (χ0v) is 10.6. The molecule has 3 heteroatoms. The van der Waals surface area contributed by atoms with E-state index in [2.05, 4.69) is 18.7 Å². The second-order valence-electron chi connectivity index (χ2n) is 5.22. The molecule has 2 rings (SSSR count). The molecule has 1 aliphatic heterocycles. The summed E-state index contributed by atoms with van der Waals surface area (Å²) < 4.78 is 18.2. The summed E-state index contributed by atoms with van der Waals surface area (Å²) in [5.41, 5.74) is 1.28. The highest BCUT2D eigenvalue weighted by Gasteiger charge is 2.28. The minimum atomic E-state index is -0.169. The monoisotopic (exact) mass is 237 g/mol. The van der Waals surface area contributed by atoms with Gasteiger partial charge in [-0.25, -0.2) is 4.39 Å². The van der Waals surface area contributed by atoms with Crippen LogP contribution in [0.15, 0.2) is 24.3 Å². The predicted molar refractivity (Wildman–Crippen MR) is 66.6 cm³/mol. The number of morpholine rings is 1. The van der Waals surface area contributed by atoms with Crippen LogP contribution in [0.1, 0.15) is 19.4 Å². The molecule has 0 N–H and O–H groups in total. The van der Waals surface area contributed by atoms with E-state index in [1.807, 2.05) is 12.1 Å². The molecule has 17 heavy (non-hydrogen) atoms. The van der Waals surface area contributed by atoms with E-state index in [1.54, 1.807) is 0 Å². The Labute approximate surface area is 102 Å². The fraction of sp³-hybridized carbons (Fsp3) is 0.571. The van der Waals surface area contributed by atoms with Gasteiger partial charge in [0.15, 0.2) is 0 Å². The van der Waals surface area contributed by atoms with Gasteiger partial charge in [0.2, 0.25) is 0 Å². The lowest BCUT2D eigenvalue weighted by Gasteiger charge is -2.41. The van der Waals surface area contributed by atoms with Crippen LogP contribution >= 0.6 is 0 Å². The maximum Gasteiger partial charge on any atom is 0.123 e. The van der Waals surface area contributed by atoms with Crippen molar-refractivity contribution in [3.05, 3.63) is 35.6 Å². The van der Waals surface area contributed by atoms with Gasteiger partial charge in [-0.15, -0.1) is 0 Å². The summed E-state index contributed by atoms with van der Waals surface area (Å²) in [6, 6.07) is 6.81. The molecule has 0 aliphatic carbocycles. The minimum Gasteiger partial charge on any atom is -0.379 e. The van der Waals surface area contributed by atoms with Gasteiger partial charge in [-0.05, 0) is 38.0 Å². The topological polar surface area (TPSA) is 12.5 Å². The maximum absolute atomic E-state index is 12.8. The summed E-state index contributed by atoms with van der Waals surface area (Å²) in [4.78, 5) is 2.44. The van der Waals surface area contributed by atoms with Gasteiger partial charge < -0.3 is 4.74 Å². The highest BCUT2D eigenvalue weighted by molar-refractivity contribution is 5.18. The van der Waals surface area contributed by atoms with Crippen molar-refractivity contribution in [2.24, 2.45) is 0 Å². The molecule has 0 amide bonds. The smallest absolute Gasteiger partial charge is 0.123 e. The van der Waals surface area contributed by atoms with Crippen LogP contribution in [0, 0.1) is 5.82 Å². The van der Waals surface area contributed by atoms with Gasteiger partial charge in [0.25, 0.3) is 0 Å². The summed E-state index contributed by atoms with van der Waals surface area (Å²) in [5.74, 6) is -0.169. The van der Waals surface area contributed by atoms with E-state index >= 15 is 0 Å². The number of hydrogen-bond donors (Lipinski definition) is 0. The minimum absolute atomic E-state index is 0.0988. The zero-order valence-electron chi connectivity index (χ0n) is 10.6. The van der Waals surface area contributed by atoms with E-state index < -0.39 is 0 Å². The average molecular weight is 237 g/mol. The first-order valence-corrected chi connectivity index (χ1v) is 6.15. The Hall–Kier alpha value is -0.930. The van der Waals surface area contributed by atoms with Crippen molar-refractivity contribution in [2.45, 2.75) is 25.8 Å². The van der Waals surface area contributed by atoms with Crippen LogP contribution in [0.2, 0.25) is 0 Å². The predicted octanol–water partition coefficient (Wildman–Crippen LogP) is 2.48. The van der Waals surface area contributed by atoms with Crippen LogP contribution < -0.4 is 0 Å². The van der Waals surface area contributed by atoms with Crippen molar-refractivity contribution in [1.82, 2.24) is 4.90 Å². The molecule has 0 bridgehead atoms. The van der Waals surface area contributed by atoms with Crippen molar-refractivity contribution >= 4 is 0 Å². The molecule has 0 aromatic heterocycles. The molecular formula is C14H20FNO. The summed E-state index contributed by atoms with van der Waals surface area (Å²) in [6.07, 6.45) is 0.938. The van der Waals surface area contributed by atoms with Crippen LogP contribution in [0.4, 0.5) is 4.39 Å². The lowest BCUT2D eigenvalue weighted by atomic mass is 9.92. The van der Waals surface area contributed by atoms with Gasteiger partial charge in [-0.1, -0.05) is 12.1 Å². The van der Waals surface area contributed by atoms with Crippen LogP contribution in [0.5, 0.6) is 0 Å². The lowest BCUT2D eigenvalue weighted by Crippen LogP contribution is -2.51. The normalized spacial score (nSPS) is 18.3. The van der Waals surface area contributed by atoms with Crippen LogP contribution in [0.3, 0.4) is 0 Å². The van der Waals surface area contributed by atoms with E-state index in [0.29, 0.717) is 0 Å². The van der Waals surface area contributed by atoms with E-state index in [9.17, 15) is 4.39 Å². The number of halogens is 1. The van der Waals surface area contributed by atoms with Crippen LogP contribution in [0.25, 0.3) is 0 Å². The molecule has 1 aliphatic rings. The third-order valence-electron chi connectivity index (χ3n) is 3.42. The zero-order chi connectivity index (χ0) is 12.3. The Morgan fingerprint density at radius 1 is 1.18 bits per heavy atom. The standard InChI is InChI=1S/C14H20FNO/c1-14(2,16-7-9-17-10-8-16)11-12-3-5-13(15)6-4-12/h3-6H,7-11H2,1-2H3. The Morgan fingerprint density at radius 2 is 1.76 bits per heavy atom. The molecule has 1 fully saturated rings. The van der Waals surface area contributed by atoms with Crippen molar-refractivity contribution in [2.75, 3.05) is 26.3 Å². The first-order valence-electron chi connectivity index (χ1n) is 6.15. The van der Waals surface area contributed by atoms with Gasteiger partial charge in [-0.3, -0.25) is 4.90 Å². The second kappa shape index (κ2) is 5.15. The molecule has 2 nitrogen and oxygen atoms in total. The van der Waals surface area contributed by atoms with E-state index in [0.717, 1.165) is 32.7 Å². The Bertz CT molecular complexity index is 355. The lowest BCUT2D eigenvalue weighted by molar-refractivity contribution is -0.00984. The van der Waals surface area contributed by atoms with Crippen molar-refractivity contribution in [3.63, 3.8) is 0 Å². The molecule has 0 atom stereocenters. The quantitative estimate of drug-likeness (QED) is 0.800. The number of rotatable bonds is 3. The summed E-state index contributed by atoms with van der Waals surface area (Å²) in [7, 11) is 0. The summed E-state index contributed by atoms with van der Waals surface area (Å²) >= 11 is 0. The molecule has 1 heterocycles. The number of benzene rings is 1.